The second-order valence-electron chi connectivity index (χ2n) is 13.2. The van der Waals surface area contributed by atoms with Crippen molar-refractivity contribution in [3.05, 3.63) is 39.8 Å². The standard InChI is InChI=1S/C31H35F5N6O3S/c1-2-4-17-9-22(37)27(33)25(26(17)31(34,35)36)24-10-23-21(15-46(24,43)44)28(41-13-19-5-6-20(14-41)38-19)40-29(39-23)45-16-30-7-3-8-42(30)12-18(32)11-30/h9,18-20,24,38H,3,5-8,10-16,37H2,1H3/t18-,19?,20?,24-,30+/m1/s1. The van der Waals surface area contributed by atoms with Gasteiger partial charge < -0.3 is 20.7 Å². The lowest BCUT2D eigenvalue weighted by Crippen LogP contribution is -2.52. The first-order chi connectivity index (χ1) is 21.8. The number of anilines is 2. The summed E-state index contributed by atoms with van der Waals surface area (Å²) < 4.78 is 108. The van der Waals surface area contributed by atoms with Crippen molar-refractivity contribution in [2.45, 2.75) is 86.4 Å². The topological polar surface area (TPSA) is 114 Å². The fourth-order valence-electron chi connectivity index (χ4n) is 8.18. The number of aromatic nitrogens is 2. The molecule has 0 amide bonds. The lowest BCUT2D eigenvalue weighted by molar-refractivity contribution is -0.138. The minimum Gasteiger partial charge on any atom is -0.461 e. The molecule has 1 aromatic heterocycles. The van der Waals surface area contributed by atoms with Gasteiger partial charge in [0.15, 0.2) is 15.7 Å². The van der Waals surface area contributed by atoms with E-state index in [4.69, 9.17) is 10.5 Å². The molecule has 9 nitrogen and oxygen atoms in total. The molecule has 3 N–H and O–H groups in total. The number of piperazine rings is 1. The molecule has 0 radical (unpaired) electrons. The van der Waals surface area contributed by atoms with E-state index in [0.29, 0.717) is 31.9 Å². The van der Waals surface area contributed by atoms with Gasteiger partial charge in [0, 0.05) is 61.2 Å². The third-order valence-electron chi connectivity index (χ3n) is 10.1. The van der Waals surface area contributed by atoms with Crippen molar-refractivity contribution < 1.29 is 35.1 Å². The summed E-state index contributed by atoms with van der Waals surface area (Å²) in [5, 5.41) is 1.59. The number of halogens is 5. The number of fused-ring (bicyclic) bond motifs is 4. The molecule has 5 atom stereocenters. The molecular formula is C31H35F5N6O3S. The highest BCUT2D eigenvalue weighted by Crippen LogP contribution is 2.47. The number of ether oxygens (including phenoxy) is 1. The second kappa shape index (κ2) is 11.2. The number of alkyl halides is 4. The van der Waals surface area contributed by atoms with E-state index in [1.807, 2.05) is 4.90 Å². The molecule has 248 valence electrons. The Morgan fingerprint density at radius 1 is 1.20 bits per heavy atom. The van der Waals surface area contributed by atoms with Gasteiger partial charge in [-0.05, 0) is 45.2 Å². The van der Waals surface area contributed by atoms with Crippen molar-refractivity contribution in [2.24, 2.45) is 0 Å². The monoisotopic (exact) mass is 666 g/mol. The molecule has 7 rings (SSSR count). The quantitative estimate of drug-likeness (QED) is 0.280. The Labute approximate surface area is 264 Å². The molecular weight excluding hydrogens is 631 g/mol. The first-order valence-electron chi connectivity index (χ1n) is 15.5. The number of hydrogen-bond acceptors (Lipinski definition) is 9. The number of nitrogens with one attached hydrogen (secondary N) is 1. The summed E-state index contributed by atoms with van der Waals surface area (Å²) in [4.78, 5) is 13.3. The van der Waals surface area contributed by atoms with Crippen LogP contribution in [0.25, 0.3) is 0 Å². The molecule has 6 heterocycles. The Balaban J connectivity index is 1.33. The molecule has 0 spiro atoms. The molecule has 0 saturated carbocycles. The number of nitrogens with zero attached hydrogens (tertiary/aromatic N) is 4. The van der Waals surface area contributed by atoms with Crippen LogP contribution < -0.4 is 20.7 Å². The summed E-state index contributed by atoms with van der Waals surface area (Å²) in [6.45, 7) is 3.60. The van der Waals surface area contributed by atoms with Crippen LogP contribution in [0.2, 0.25) is 0 Å². The maximum atomic E-state index is 15.7. The highest BCUT2D eigenvalue weighted by Gasteiger charge is 2.50. The number of sulfone groups is 1. The van der Waals surface area contributed by atoms with Gasteiger partial charge in [0.25, 0.3) is 0 Å². The third kappa shape index (κ3) is 5.35. The van der Waals surface area contributed by atoms with Crippen molar-refractivity contribution in [1.29, 1.82) is 0 Å². The van der Waals surface area contributed by atoms with Crippen molar-refractivity contribution in [2.75, 3.05) is 43.4 Å². The molecule has 0 aliphatic carbocycles. The van der Waals surface area contributed by atoms with Gasteiger partial charge in [0.1, 0.15) is 18.6 Å². The predicted molar refractivity (Wildman–Crippen MR) is 160 cm³/mol. The fraction of sp³-hybridized carbons (Fsp3) is 0.613. The van der Waals surface area contributed by atoms with E-state index in [2.05, 4.69) is 32.0 Å². The van der Waals surface area contributed by atoms with E-state index >= 15 is 4.39 Å². The summed E-state index contributed by atoms with van der Waals surface area (Å²) in [5.74, 6) is 2.90. The van der Waals surface area contributed by atoms with E-state index in [0.717, 1.165) is 38.3 Å². The molecule has 5 aliphatic heterocycles. The van der Waals surface area contributed by atoms with Gasteiger partial charge in [0.2, 0.25) is 0 Å². The summed E-state index contributed by atoms with van der Waals surface area (Å²) in [6.07, 6.45) is -2.81. The lowest BCUT2D eigenvalue weighted by Gasteiger charge is -2.37. The fourth-order valence-corrected chi connectivity index (χ4v) is 10.1. The van der Waals surface area contributed by atoms with E-state index in [-0.39, 0.29) is 36.0 Å². The Bertz CT molecular complexity index is 1730. The number of benzene rings is 1. The molecule has 2 aromatic rings. The third-order valence-corrected chi connectivity index (χ3v) is 12.1. The van der Waals surface area contributed by atoms with Crippen LogP contribution in [-0.4, -0.2) is 79.9 Å². The van der Waals surface area contributed by atoms with E-state index < -0.39 is 73.3 Å². The first-order valence-corrected chi connectivity index (χ1v) is 17.3. The summed E-state index contributed by atoms with van der Waals surface area (Å²) >= 11 is 0. The highest BCUT2D eigenvalue weighted by molar-refractivity contribution is 7.91. The van der Waals surface area contributed by atoms with Gasteiger partial charge in [-0.1, -0.05) is 5.92 Å². The van der Waals surface area contributed by atoms with Gasteiger partial charge in [-0.3, -0.25) is 4.90 Å². The Morgan fingerprint density at radius 2 is 1.93 bits per heavy atom. The molecule has 2 unspecified atom stereocenters. The van der Waals surface area contributed by atoms with Gasteiger partial charge in [-0.15, -0.1) is 5.92 Å². The molecule has 4 fully saturated rings. The molecule has 1 aromatic carbocycles. The molecule has 4 saturated heterocycles. The Hall–Kier alpha value is -3.22. The molecule has 15 heteroatoms. The van der Waals surface area contributed by atoms with E-state index in [1.165, 1.54) is 6.92 Å². The van der Waals surface area contributed by atoms with Crippen LogP contribution in [0.1, 0.15) is 72.2 Å². The maximum Gasteiger partial charge on any atom is 0.418 e. The normalized spacial score (nSPS) is 30.1. The predicted octanol–water partition coefficient (Wildman–Crippen LogP) is 3.70. The van der Waals surface area contributed by atoms with Gasteiger partial charge >= 0.3 is 12.2 Å². The summed E-state index contributed by atoms with van der Waals surface area (Å²) in [5.41, 5.74) is 1.96. The SMILES string of the molecule is CC#Cc1cc(N)c(F)c([C@H]2Cc3nc(OC[C@@]45CCCN4C[C@H](F)C5)nc(N4CC5CCC(C4)N5)c3CS2(=O)=O)c1C(F)(F)F. The average Bonchev–Trinajstić information content (AvgIpc) is 3.62. The van der Waals surface area contributed by atoms with Crippen molar-refractivity contribution in [1.82, 2.24) is 20.2 Å². The zero-order chi connectivity index (χ0) is 32.6. The minimum absolute atomic E-state index is 0.0668. The summed E-state index contributed by atoms with van der Waals surface area (Å²) in [6, 6.07) is 1.05. The number of hydrogen-bond donors (Lipinski definition) is 2. The Kier molecular flexibility index (Phi) is 7.64. The van der Waals surface area contributed by atoms with Crippen molar-refractivity contribution in [3.63, 3.8) is 0 Å². The van der Waals surface area contributed by atoms with Crippen LogP contribution in [-0.2, 0) is 28.2 Å². The van der Waals surface area contributed by atoms with E-state index in [1.54, 1.807) is 0 Å². The second-order valence-corrected chi connectivity index (χ2v) is 15.3. The van der Waals surface area contributed by atoms with Crippen LogP contribution in [0.15, 0.2) is 6.07 Å². The van der Waals surface area contributed by atoms with Gasteiger partial charge in [-0.25, -0.2) is 17.2 Å². The first kappa shape index (κ1) is 31.4. The number of nitrogen functional groups attached to an aromatic ring is 1. The Morgan fingerprint density at radius 3 is 2.63 bits per heavy atom. The van der Waals surface area contributed by atoms with Crippen LogP contribution in [0.3, 0.4) is 0 Å². The maximum absolute atomic E-state index is 15.7. The van der Waals surface area contributed by atoms with Crippen LogP contribution in [0.5, 0.6) is 6.01 Å². The lowest BCUT2D eigenvalue weighted by atomic mass is 9.93. The molecule has 5 aliphatic rings. The minimum atomic E-state index is -5.12. The van der Waals surface area contributed by atoms with Gasteiger partial charge in [0.05, 0.1) is 33.5 Å². The smallest absolute Gasteiger partial charge is 0.418 e. The highest BCUT2D eigenvalue weighted by atomic mass is 32.2. The molecule has 46 heavy (non-hydrogen) atoms. The van der Waals surface area contributed by atoms with Crippen molar-refractivity contribution >= 4 is 21.3 Å². The zero-order valence-electron chi connectivity index (χ0n) is 25.3. The average molecular weight is 667 g/mol. The zero-order valence-corrected chi connectivity index (χ0v) is 26.1. The number of rotatable bonds is 5. The molecule has 2 bridgehead atoms. The largest absolute Gasteiger partial charge is 0.461 e. The van der Waals surface area contributed by atoms with Gasteiger partial charge in [-0.2, -0.15) is 23.1 Å². The van der Waals surface area contributed by atoms with Crippen LogP contribution in [0, 0.1) is 17.7 Å². The van der Waals surface area contributed by atoms with Crippen molar-refractivity contribution in [3.8, 4) is 17.9 Å². The number of nitrogens with two attached hydrogens (primary N) is 1. The van der Waals surface area contributed by atoms with Crippen LogP contribution in [0.4, 0.5) is 33.5 Å². The van der Waals surface area contributed by atoms with Crippen LogP contribution >= 0.6 is 0 Å². The summed E-state index contributed by atoms with van der Waals surface area (Å²) in [7, 11) is -4.43. The van der Waals surface area contributed by atoms with E-state index in [9.17, 15) is 26.0 Å².